The van der Waals surface area contributed by atoms with Crippen LogP contribution < -0.4 is 19.6 Å². The van der Waals surface area contributed by atoms with Crippen LogP contribution >= 0.6 is 0 Å². The third-order valence-corrected chi connectivity index (χ3v) is 12.6. The van der Waals surface area contributed by atoms with Crippen LogP contribution in [0.4, 0.5) is 37.7 Å². The van der Waals surface area contributed by atoms with Crippen LogP contribution in [0, 0.1) is 0 Å². The molecule has 0 aliphatic carbocycles. The number of benzene rings is 4. The van der Waals surface area contributed by atoms with Crippen molar-refractivity contribution in [2.24, 2.45) is 0 Å². The second-order valence-corrected chi connectivity index (χ2v) is 14.6. The molecule has 4 aromatic rings. The van der Waals surface area contributed by atoms with Gasteiger partial charge in [-0.15, -0.1) is 0 Å². The molecular weight excluding hydrogens is 668 g/mol. The summed E-state index contributed by atoms with van der Waals surface area (Å²) in [6.07, 6.45) is -8.94. The van der Waals surface area contributed by atoms with Gasteiger partial charge in [-0.05, 0) is 0 Å². The van der Waals surface area contributed by atoms with E-state index in [1.165, 1.54) is 0 Å². The molecule has 4 nitrogen and oxygen atoms in total. The van der Waals surface area contributed by atoms with E-state index in [1.807, 2.05) is 24.3 Å². The predicted molar refractivity (Wildman–Crippen MR) is 142 cm³/mol. The average molecular weight is 686 g/mol. The van der Waals surface area contributed by atoms with Crippen LogP contribution in [0.3, 0.4) is 0 Å². The third-order valence-electron chi connectivity index (χ3n) is 5.41. The van der Waals surface area contributed by atoms with E-state index in [9.17, 15) is 35.9 Å². The Morgan fingerprint density at radius 3 is 1.05 bits per heavy atom. The fourth-order valence-corrected chi connectivity index (χ4v) is 9.27. The molecule has 4 rings (SSSR count). The van der Waals surface area contributed by atoms with E-state index >= 15 is 0 Å². The third kappa shape index (κ3) is 7.99. The molecule has 0 unspecified atom stereocenters. The number of hydrogen-bond donors (Lipinski definition) is 2. The first-order chi connectivity index (χ1) is 18.9. The van der Waals surface area contributed by atoms with Gasteiger partial charge in [-0.3, -0.25) is 0 Å². The number of hydrogen-bond acceptors (Lipinski definition) is 2. The maximum atomic E-state index is 12.7. The molecule has 0 aromatic heterocycles. The van der Waals surface area contributed by atoms with Gasteiger partial charge in [-0.1, -0.05) is 0 Å². The number of alkyl halides is 6. The number of nitrogens with one attached hydrogen (secondary N) is 2. The van der Waals surface area contributed by atoms with E-state index < -0.39 is 35.3 Å². The topological polar surface area (TPSA) is 58.2 Å². The van der Waals surface area contributed by atoms with Crippen LogP contribution in [0.5, 0.6) is 0 Å². The first-order valence-corrected chi connectivity index (χ1v) is 17.4. The average Bonchev–Trinajstić information content (AvgIpc) is 2.92. The van der Waals surface area contributed by atoms with Gasteiger partial charge >= 0.3 is 237 Å². The molecule has 2 N–H and O–H groups in total. The monoisotopic (exact) mass is 688 g/mol. The van der Waals surface area contributed by atoms with Crippen molar-refractivity contribution in [1.29, 1.82) is 0 Å². The molecule has 0 fully saturated rings. The Bertz CT molecular complexity index is 1360. The SMILES string of the molecule is O=C(Nc1ccc([Se][Se]c2ccc(NC(=O)c3ccc(C(F)(F)F)cc3)cc2)cc1)c1ccc(C(F)(F)F)cc1. The fourth-order valence-electron chi connectivity index (χ4n) is 3.31. The van der Waals surface area contributed by atoms with Crippen LogP contribution in [-0.4, -0.2) is 38.1 Å². The Labute approximate surface area is 236 Å². The van der Waals surface area contributed by atoms with Gasteiger partial charge in [0.2, 0.25) is 0 Å². The van der Waals surface area contributed by atoms with E-state index in [4.69, 9.17) is 0 Å². The minimum absolute atomic E-state index is 0.114. The quantitative estimate of drug-likeness (QED) is 0.199. The van der Waals surface area contributed by atoms with Gasteiger partial charge in [0, 0.05) is 0 Å². The summed E-state index contributed by atoms with van der Waals surface area (Å²) in [5.74, 6) is -1.02. The summed E-state index contributed by atoms with van der Waals surface area (Å²) in [6, 6.07) is 22.4. The molecule has 0 heterocycles. The summed E-state index contributed by atoms with van der Waals surface area (Å²) in [5.41, 5.74) is -0.382. The number of anilines is 2. The molecule has 2 amide bonds. The zero-order valence-corrected chi connectivity index (χ0v) is 23.6. The minimum atomic E-state index is -4.47. The molecule has 206 valence electrons. The summed E-state index contributed by atoms with van der Waals surface area (Å²) in [5, 5.41) is 5.34. The maximum absolute atomic E-state index is 12.7. The number of amides is 2. The van der Waals surface area contributed by atoms with E-state index in [-0.39, 0.29) is 37.4 Å². The van der Waals surface area contributed by atoms with Gasteiger partial charge in [0.1, 0.15) is 0 Å². The zero-order chi connectivity index (χ0) is 28.9. The number of halogens is 6. The Hall–Kier alpha value is -3.56. The molecule has 0 aliphatic heterocycles. The summed E-state index contributed by atoms with van der Waals surface area (Å²) < 4.78 is 78.3. The van der Waals surface area contributed by atoms with Crippen molar-refractivity contribution in [3.05, 3.63) is 119 Å². The Morgan fingerprint density at radius 2 is 0.775 bits per heavy atom. The van der Waals surface area contributed by atoms with Crippen LogP contribution in [0.1, 0.15) is 31.8 Å². The molecule has 4 aromatic carbocycles. The van der Waals surface area contributed by atoms with E-state index in [0.717, 1.165) is 57.5 Å². The second-order valence-electron chi connectivity index (χ2n) is 8.27. The first-order valence-electron chi connectivity index (χ1n) is 11.4. The molecule has 12 heteroatoms. The molecule has 0 saturated carbocycles. The van der Waals surface area contributed by atoms with E-state index in [0.29, 0.717) is 11.4 Å². The first kappa shape index (κ1) is 29.4. The van der Waals surface area contributed by atoms with E-state index in [2.05, 4.69) is 10.6 Å². The van der Waals surface area contributed by atoms with Crippen molar-refractivity contribution in [3.63, 3.8) is 0 Å². The second kappa shape index (κ2) is 12.3. The van der Waals surface area contributed by atoms with Crippen molar-refractivity contribution in [1.82, 2.24) is 0 Å². The zero-order valence-electron chi connectivity index (χ0n) is 20.1. The van der Waals surface area contributed by atoms with Gasteiger partial charge in [0.15, 0.2) is 0 Å². The van der Waals surface area contributed by atoms with Crippen molar-refractivity contribution >= 4 is 58.4 Å². The summed E-state index contributed by atoms with van der Waals surface area (Å²) >= 11 is 0.238. The molecule has 0 spiro atoms. The molecular formula is C28H18F6N2O2Se2. The number of rotatable bonds is 7. The molecule has 0 radical (unpaired) electrons. The Morgan fingerprint density at radius 1 is 0.475 bits per heavy atom. The number of carbonyl (C=O) groups is 2. The predicted octanol–water partition coefficient (Wildman–Crippen LogP) is 5.50. The van der Waals surface area contributed by atoms with E-state index in [1.54, 1.807) is 24.3 Å². The summed E-state index contributed by atoms with van der Waals surface area (Å²) in [4.78, 5) is 24.7. The van der Waals surface area contributed by atoms with Gasteiger partial charge in [-0.25, -0.2) is 0 Å². The summed E-state index contributed by atoms with van der Waals surface area (Å²) in [6.45, 7) is 0. The molecule has 0 bridgehead atoms. The normalized spacial score (nSPS) is 11.7. The van der Waals surface area contributed by atoms with Crippen molar-refractivity contribution in [2.45, 2.75) is 12.4 Å². The van der Waals surface area contributed by atoms with Gasteiger partial charge in [-0.2, -0.15) is 0 Å². The van der Waals surface area contributed by atoms with Crippen LogP contribution in [-0.2, 0) is 12.4 Å². The Balaban J connectivity index is 1.27. The van der Waals surface area contributed by atoms with Gasteiger partial charge in [0.25, 0.3) is 0 Å². The van der Waals surface area contributed by atoms with Crippen molar-refractivity contribution in [2.75, 3.05) is 10.6 Å². The fraction of sp³-hybridized carbons (Fsp3) is 0.0714. The molecule has 0 aliphatic rings. The number of carbonyl (C=O) groups excluding carboxylic acids is 2. The van der Waals surface area contributed by atoms with Crippen molar-refractivity contribution < 1.29 is 35.9 Å². The van der Waals surface area contributed by atoms with Gasteiger partial charge in [0.05, 0.1) is 0 Å². The van der Waals surface area contributed by atoms with Crippen LogP contribution in [0.15, 0.2) is 97.1 Å². The van der Waals surface area contributed by atoms with Crippen molar-refractivity contribution in [3.8, 4) is 0 Å². The molecule has 40 heavy (non-hydrogen) atoms. The van der Waals surface area contributed by atoms with Crippen LogP contribution in [0.2, 0.25) is 0 Å². The standard InChI is InChI=1S/C28H18F6N2O2Se2/c29-27(30,31)19-5-1-17(2-6-19)25(37)35-21-9-13-23(14-10-21)39-40-24-15-11-22(12-16-24)36-26(38)18-3-7-20(8-4-18)28(32,33)34/h1-16H,(H,35,37)(H,36,38). The molecule has 0 saturated heterocycles. The summed E-state index contributed by atoms with van der Waals surface area (Å²) in [7, 11) is 0. The molecule has 0 atom stereocenters. The Kier molecular flexibility index (Phi) is 9.05. The van der Waals surface area contributed by atoms with Gasteiger partial charge < -0.3 is 0 Å². The van der Waals surface area contributed by atoms with Crippen LogP contribution in [0.25, 0.3) is 0 Å².